The second-order valence-corrected chi connectivity index (χ2v) is 3.13. The molecule has 3 nitrogen and oxygen atoms in total. The fourth-order valence-corrected chi connectivity index (χ4v) is 0.274. The predicted molar refractivity (Wildman–Crippen MR) is 27.1 cm³/mol. The maximum absolute atomic E-state index is 10.2. The van der Waals surface area contributed by atoms with Gasteiger partial charge in [0.25, 0.3) is 0 Å². The Hall–Kier alpha value is 0.150. The Labute approximate surface area is 42.8 Å². The highest BCUT2D eigenvalue weighted by Gasteiger charge is 2.10. The summed E-state index contributed by atoms with van der Waals surface area (Å²) in [5.74, 6) is 0. The first-order valence-electron chi connectivity index (χ1n) is 1.79. The minimum atomic E-state index is -3.27. The number of rotatable bonds is 2. The molecule has 7 heavy (non-hydrogen) atoms. The van der Waals surface area contributed by atoms with E-state index in [9.17, 15) is 4.57 Å². The fourth-order valence-electron chi connectivity index (χ4n) is 0.0913. The zero-order chi connectivity index (χ0) is 5.91. The van der Waals surface area contributed by atoms with Gasteiger partial charge in [-0.2, -0.15) is 0 Å². The molecule has 1 radical (unpaired) electrons. The van der Waals surface area contributed by atoms with E-state index in [2.05, 4.69) is 11.4 Å². The number of hydrogen-bond donors (Lipinski definition) is 1. The van der Waals surface area contributed by atoms with Gasteiger partial charge in [-0.25, -0.2) is 0 Å². The molecule has 0 fully saturated rings. The van der Waals surface area contributed by atoms with Crippen molar-refractivity contribution in [2.75, 3.05) is 13.3 Å². The summed E-state index contributed by atoms with van der Waals surface area (Å²) in [6.07, 6.45) is -0.0660. The molecule has 1 N–H and O–H groups in total. The summed E-state index contributed by atoms with van der Waals surface area (Å²) < 4.78 is 14.4. The van der Waals surface area contributed by atoms with E-state index in [-0.39, 0.29) is 6.16 Å². The quantitative estimate of drug-likeness (QED) is 0.548. The van der Waals surface area contributed by atoms with Crippen molar-refractivity contribution < 1.29 is 14.0 Å². The minimum Gasteiger partial charge on any atom is -0.324 e. The van der Waals surface area contributed by atoms with Gasteiger partial charge in [-0.05, 0) is 6.92 Å². The van der Waals surface area contributed by atoms with Gasteiger partial charge in [0.15, 0.2) is 0 Å². The van der Waals surface area contributed by atoms with Crippen molar-refractivity contribution in [3.8, 4) is 0 Å². The normalized spacial score (nSPS) is 18.7. The van der Waals surface area contributed by atoms with Crippen LogP contribution in [0.3, 0.4) is 0 Å². The summed E-state index contributed by atoms with van der Waals surface area (Å²) in [4.78, 5) is 8.40. The van der Waals surface area contributed by atoms with Crippen molar-refractivity contribution >= 4 is 7.60 Å². The van der Waals surface area contributed by atoms with Gasteiger partial charge in [-0.15, -0.1) is 0 Å². The van der Waals surface area contributed by atoms with Crippen molar-refractivity contribution in [2.24, 2.45) is 0 Å². The van der Waals surface area contributed by atoms with Gasteiger partial charge in [0.05, 0.1) is 0 Å². The molecule has 0 aromatic carbocycles. The van der Waals surface area contributed by atoms with Crippen LogP contribution < -0.4 is 0 Å². The van der Waals surface area contributed by atoms with Crippen LogP contribution in [-0.2, 0) is 9.09 Å². The van der Waals surface area contributed by atoms with Gasteiger partial charge in [0, 0.05) is 13.3 Å². The lowest BCUT2D eigenvalue weighted by atomic mass is 11.0. The smallest absolute Gasteiger partial charge is 0.324 e. The van der Waals surface area contributed by atoms with Crippen molar-refractivity contribution in [1.29, 1.82) is 0 Å². The molecular formula is C3H8O3P. The molecule has 0 saturated carbocycles. The molecule has 0 spiro atoms. The summed E-state index contributed by atoms with van der Waals surface area (Å²) in [6, 6.07) is 0. The molecule has 0 bridgehead atoms. The molecule has 0 aliphatic carbocycles. The molecule has 0 rings (SSSR count). The third-order valence-electron chi connectivity index (χ3n) is 0.568. The summed E-state index contributed by atoms with van der Waals surface area (Å²) in [6.45, 7) is 3.19. The maximum atomic E-state index is 10.2. The van der Waals surface area contributed by atoms with Crippen LogP contribution in [0.2, 0.25) is 0 Å². The third kappa shape index (κ3) is 2.80. The summed E-state index contributed by atoms with van der Waals surface area (Å²) >= 11 is 0. The first-order valence-corrected chi connectivity index (χ1v) is 3.55. The molecule has 0 aromatic heterocycles. The maximum Gasteiger partial charge on any atom is 0.327 e. The molecule has 1 atom stereocenters. The van der Waals surface area contributed by atoms with E-state index in [1.54, 1.807) is 0 Å². The fraction of sp³-hybridized carbons (Fsp3) is 0.667. The average molecular weight is 123 g/mol. The van der Waals surface area contributed by atoms with E-state index in [1.165, 1.54) is 7.11 Å². The van der Waals surface area contributed by atoms with Crippen molar-refractivity contribution in [1.82, 2.24) is 0 Å². The monoisotopic (exact) mass is 123 g/mol. The van der Waals surface area contributed by atoms with E-state index < -0.39 is 7.60 Å². The lowest BCUT2D eigenvalue weighted by Crippen LogP contribution is -1.84. The van der Waals surface area contributed by atoms with Crippen LogP contribution in [0, 0.1) is 6.92 Å². The van der Waals surface area contributed by atoms with Gasteiger partial charge in [-0.1, -0.05) is 0 Å². The molecule has 0 amide bonds. The standard InChI is InChI=1S/C3H8O3P/c1-3-7(4,5)6-2/h1,3H2,2H3,(H,4,5). The van der Waals surface area contributed by atoms with Crippen LogP contribution in [0.25, 0.3) is 0 Å². The van der Waals surface area contributed by atoms with Gasteiger partial charge >= 0.3 is 7.60 Å². The van der Waals surface area contributed by atoms with Crippen LogP contribution in [0.4, 0.5) is 0 Å². The molecular weight excluding hydrogens is 115 g/mol. The Morgan fingerprint density at radius 3 is 2.43 bits per heavy atom. The Kier molecular flexibility index (Phi) is 2.51. The first-order chi connectivity index (χ1) is 3.12. The SMILES string of the molecule is [CH2]CP(=O)(O)OC. The Bertz CT molecular complexity index is 82.2. The Morgan fingerprint density at radius 1 is 2.00 bits per heavy atom. The van der Waals surface area contributed by atoms with E-state index in [4.69, 9.17) is 4.89 Å². The highest BCUT2D eigenvalue weighted by atomic mass is 31.2. The van der Waals surface area contributed by atoms with Gasteiger partial charge in [0.2, 0.25) is 0 Å². The Morgan fingerprint density at radius 2 is 2.43 bits per heavy atom. The van der Waals surface area contributed by atoms with E-state index in [0.717, 1.165) is 0 Å². The topological polar surface area (TPSA) is 46.5 Å². The van der Waals surface area contributed by atoms with E-state index >= 15 is 0 Å². The van der Waals surface area contributed by atoms with Crippen LogP contribution in [0.15, 0.2) is 0 Å². The number of hydrogen-bond acceptors (Lipinski definition) is 2. The van der Waals surface area contributed by atoms with E-state index in [0.29, 0.717) is 0 Å². The van der Waals surface area contributed by atoms with Crippen LogP contribution in [0.5, 0.6) is 0 Å². The molecule has 0 aliphatic rings. The minimum absolute atomic E-state index is 0.0660. The van der Waals surface area contributed by atoms with E-state index in [1.807, 2.05) is 0 Å². The first kappa shape index (κ1) is 7.15. The Balaban J connectivity index is 3.61. The van der Waals surface area contributed by atoms with Gasteiger partial charge in [0.1, 0.15) is 0 Å². The van der Waals surface area contributed by atoms with Crippen LogP contribution in [-0.4, -0.2) is 18.2 Å². The van der Waals surface area contributed by atoms with Crippen molar-refractivity contribution in [3.05, 3.63) is 6.92 Å². The lowest BCUT2D eigenvalue weighted by Gasteiger charge is -2.01. The lowest BCUT2D eigenvalue weighted by molar-refractivity contribution is 0.319. The molecule has 0 heterocycles. The molecule has 4 heteroatoms. The molecule has 0 aromatic rings. The highest BCUT2D eigenvalue weighted by molar-refractivity contribution is 7.52. The largest absolute Gasteiger partial charge is 0.327 e. The molecule has 43 valence electrons. The van der Waals surface area contributed by atoms with Gasteiger partial charge < -0.3 is 9.42 Å². The van der Waals surface area contributed by atoms with Gasteiger partial charge in [-0.3, -0.25) is 4.57 Å². The molecule has 0 aliphatic heterocycles. The molecule has 0 saturated heterocycles. The zero-order valence-electron chi connectivity index (χ0n) is 4.13. The average Bonchev–Trinajstić information content (AvgIpc) is 1.68. The molecule has 1 unspecified atom stereocenters. The van der Waals surface area contributed by atoms with Crippen LogP contribution in [0.1, 0.15) is 0 Å². The predicted octanol–water partition coefficient (Wildman–Crippen LogP) is 0.652. The zero-order valence-corrected chi connectivity index (χ0v) is 5.02. The third-order valence-corrected chi connectivity index (χ3v) is 1.70. The van der Waals surface area contributed by atoms with Crippen molar-refractivity contribution in [2.45, 2.75) is 0 Å². The summed E-state index contributed by atoms with van der Waals surface area (Å²) in [7, 11) is -2.08. The second-order valence-electron chi connectivity index (χ2n) is 1.04. The second kappa shape index (κ2) is 2.46. The van der Waals surface area contributed by atoms with Crippen molar-refractivity contribution in [3.63, 3.8) is 0 Å². The summed E-state index contributed by atoms with van der Waals surface area (Å²) in [5, 5.41) is 0. The summed E-state index contributed by atoms with van der Waals surface area (Å²) in [5.41, 5.74) is 0. The van der Waals surface area contributed by atoms with Crippen LogP contribution >= 0.6 is 7.60 Å². The highest BCUT2D eigenvalue weighted by Crippen LogP contribution is 2.39.